The molecule has 1 amide bonds. The van der Waals surface area contributed by atoms with E-state index in [4.69, 9.17) is 18.7 Å². The van der Waals surface area contributed by atoms with Gasteiger partial charge in [0, 0.05) is 24.6 Å². The van der Waals surface area contributed by atoms with Gasteiger partial charge in [0.1, 0.15) is 0 Å². The van der Waals surface area contributed by atoms with Crippen LogP contribution in [0.1, 0.15) is 38.5 Å². The number of piperidine rings is 2. The summed E-state index contributed by atoms with van der Waals surface area (Å²) < 4.78 is 21.2. The second kappa shape index (κ2) is 11.5. The first-order chi connectivity index (χ1) is 17.0. The van der Waals surface area contributed by atoms with Gasteiger partial charge in [-0.05, 0) is 63.9 Å². The fourth-order valence-corrected chi connectivity index (χ4v) is 4.79. The molecule has 10 nitrogen and oxygen atoms in total. The summed E-state index contributed by atoms with van der Waals surface area (Å²) in [6, 6.07) is 5.49. The number of esters is 1. The lowest BCUT2D eigenvalue weighted by molar-refractivity contribution is -0.152. The van der Waals surface area contributed by atoms with Crippen LogP contribution < -0.4 is 9.47 Å². The summed E-state index contributed by atoms with van der Waals surface area (Å²) in [4.78, 5) is 33.6. The van der Waals surface area contributed by atoms with E-state index in [9.17, 15) is 9.59 Å². The molecule has 0 bridgehead atoms. The van der Waals surface area contributed by atoms with Gasteiger partial charge in [0.15, 0.2) is 11.5 Å². The molecule has 0 N–H and O–H groups in total. The van der Waals surface area contributed by atoms with E-state index in [0.717, 1.165) is 31.5 Å². The predicted molar refractivity (Wildman–Crippen MR) is 127 cm³/mol. The van der Waals surface area contributed by atoms with Crippen molar-refractivity contribution in [3.8, 4) is 22.9 Å². The quantitative estimate of drug-likeness (QED) is 0.521. The number of amides is 1. The van der Waals surface area contributed by atoms with Crippen molar-refractivity contribution in [3.05, 3.63) is 24.1 Å². The highest BCUT2D eigenvalue weighted by Crippen LogP contribution is 2.31. The fraction of sp³-hybridized carbons (Fsp3) is 0.600. The van der Waals surface area contributed by atoms with Gasteiger partial charge < -0.3 is 23.6 Å². The number of benzene rings is 1. The zero-order valence-electron chi connectivity index (χ0n) is 20.7. The van der Waals surface area contributed by atoms with Crippen LogP contribution in [0.25, 0.3) is 11.4 Å². The van der Waals surface area contributed by atoms with Gasteiger partial charge in [0.2, 0.25) is 17.6 Å². The van der Waals surface area contributed by atoms with Crippen LogP contribution in [0.15, 0.2) is 22.7 Å². The van der Waals surface area contributed by atoms with Gasteiger partial charge in [-0.1, -0.05) is 5.16 Å². The minimum absolute atomic E-state index is 0.0235. The van der Waals surface area contributed by atoms with Crippen LogP contribution in [0.4, 0.5) is 0 Å². The molecule has 2 aliphatic heterocycles. The minimum Gasteiger partial charge on any atom is -0.493 e. The molecule has 2 aliphatic rings. The second-order valence-corrected chi connectivity index (χ2v) is 8.98. The zero-order chi connectivity index (χ0) is 24.8. The van der Waals surface area contributed by atoms with E-state index in [0.29, 0.717) is 62.3 Å². The van der Waals surface area contributed by atoms with Crippen LogP contribution in [-0.4, -0.2) is 78.8 Å². The maximum atomic E-state index is 13.0. The van der Waals surface area contributed by atoms with E-state index < -0.39 is 0 Å². The van der Waals surface area contributed by atoms with Crippen molar-refractivity contribution in [1.29, 1.82) is 0 Å². The molecule has 0 spiro atoms. The van der Waals surface area contributed by atoms with E-state index in [-0.39, 0.29) is 23.7 Å². The first-order valence-corrected chi connectivity index (χ1v) is 12.2. The zero-order valence-corrected chi connectivity index (χ0v) is 20.7. The summed E-state index contributed by atoms with van der Waals surface area (Å²) >= 11 is 0. The molecule has 2 fully saturated rings. The highest BCUT2D eigenvalue weighted by Gasteiger charge is 2.33. The van der Waals surface area contributed by atoms with Crippen LogP contribution in [0, 0.1) is 11.8 Å². The van der Waals surface area contributed by atoms with Crippen molar-refractivity contribution in [2.45, 2.75) is 39.2 Å². The summed E-state index contributed by atoms with van der Waals surface area (Å²) in [5.74, 6) is 2.30. The average molecular weight is 487 g/mol. The van der Waals surface area contributed by atoms with E-state index in [2.05, 4.69) is 15.0 Å². The Morgan fingerprint density at radius 3 is 2.34 bits per heavy atom. The van der Waals surface area contributed by atoms with Crippen LogP contribution in [0.2, 0.25) is 0 Å². The van der Waals surface area contributed by atoms with Crippen molar-refractivity contribution >= 4 is 11.9 Å². The van der Waals surface area contributed by atoms with E-state index in [1.807, 2.05) is 30.0 Å². The third kappa shape index (κ3) is 5.93. The van der Waals surface area contributed by atoms with Crippen molar-refractivity contribution in [1.82, 2.24) is 19.9 Å². The van der Waals surface area contributed by atoms with E-state index in [1.54, 1.807) is 14.2 Å². The van der Waals surface area contributed by atoms with Gasteiger partial charge in [-0.15, -0.1) is 0 Å². The first-order valence-electron chi connectivity index (χ1n) is 12.2. The average Bonchev–Trinajstić information content (AvgIpc) is 3.37. The Bertz CT molecular complexity index is 1010. The molecule has 2 saturated heterocycles. The Balaban J connectivity index is 1.25. The highest BCUT2D eigenvalue weighted by molar-refractivity contribution is 5.79. The summed E-state index contributed by atoms with van der Waals surface area (Å²) in [7, 11) is 3.18. The predicted octanol–water partition coefficient (Wildman–Crippen LogP) is 2.77. The Morgan fingerprint density at radius 2 is 1.69 bits per heavy atom. The highest BCUT2D eigenvalue weighted by atomic mass is 16.5. The summed E-state index contributed by atoms with van der Waals surface area (Å²) in [5, 5.41) is 4.11. The maximum Gasteiger partial charge on any atom is 0.309 e. The number of methoxy groups -OCH3 is 2. The van der Waals surface area contributed by atoms with Crippen LogP contribution >= 0.6 is 0 Å². The van der Waals surface area contributed by atoms with Crippen LogP contribution in [-0.2, 0) is 20.9 Å². The molecule has 0 atom stereocenters. The van der Waals surface area contributed by atoms with Gasteiger partial charge in [0.25, 0.3) is 0 Å². The second-order valence-electron chi connectivity index (χ2n) is 8.98. The largest absolute Gasteiger partial charge is 0.493 e. The van der Waals surface area contributed by atoms with Gasteiger partial charge in [-0.3, -0.25) is 14.5 Å². The number of carbonyl (C=O) groups is 2. The Kier molecular flexibility index (Phi) is 8.22. The van der Waals surface area contributed by atoms with Crippen molar-refractivity contribution in [3.63, 3.8) is 0 Å². The number of nitrogens with zero attached hydrogens (tertiary/aromatic N) is 4. The normalized spacial score (nSPS) is 17.9. The fourth-order valence-electron chi connectivity index (χ4n) is 4.79. The van der Waals surface area contributed by atoms with Gasteiger partial charge in [-0.2, -0.15) is 4.98 Å². The molecule has 0 radical (unpaired) electrons. The number of carbonyl (C=O) groups excluding carboxylic acids is 2. The lowest BCUT2D eigenvalue weighted by Crippen LogP contribution is -2.46. The topological polar surface area (TPSA) is 107 Å². The van der Waals surface area contributed by atoms with Gasteiger partial charge in [0.05, 0.1) is 33.3 Å². The molecule has 0 aliphatic carbocycles. The molecule has 4 rings (SSSR count). The van der Waals surface area contributed by atoms with E-state index >= 15 is 0 Å². The number of ether oxygens (including phenoxy) is 3. The summed E-state index contributed by atoms with van der Waals surface area (Å²) in [6.45, 7) is 5.61. The Hall–Kier alpha value is -3.14. The standard InChI is InChI=1S/C25H34N4O6/c1-4-34-25(31)18-9-13-29(14-10-18)24(30)17-7-11-28(12-8-17)16-22-26-23(27-35-22)19-5-6-20(32-2)21(15-19)33-3/h5-6,15,17-18H,4,7-14,16H2,1-3H3. The van der Waals surface area contributed by atoms with Crippen LogP contribution in [0.3, 0.4) is 0 Å². The van der Waals surface area contributed by atoms with Crippen molar-refractivity contribution in [2.75, 3.05) is 47.0 Å². The Labute approximate surface area is 205 Å². The molecule has 0 unspecified atom stereocenters. The molecule has 190 valence electrons. The molecular weight excluding hydrogens is 452 g/mol. The first kappa shape index (κ1) is 25.0. The molecule has 3 heterocycles. The molecule has 0 saturated carbocycles. The van der Waals surface area contributed by atoms with Gasteiger partial charge in [-0.25, -0.2) is 0 Å². The SMILES string of the molecule is CCOC(=O)C1CCN(C(=O)C2CCN(Cc3nc(-c4ccc(OC)c(OC)c4)no3)CC2)CC1. The lowest BCUT2D eigenvalue weighted by Gasteiger charge is -2.36. The lowest BCUT2D eigenvalue weighted by atomic mass is 9.92. The molecule has 2 aromatic rings. The number of hydrogen-bond acceptors (Lipinski definition) is 9. The van der Waals surface area contributed by atoms with Crippen molar-refractivity contribution < 1.29 is 28.3 Å². The minimum atomic E-state index is -0.136. The van der Waals surface area contributed by atoms with Crippen LogP contribution in [0.5, 0.6) is 11.5 Å². The van der Waals surface area contributed by atoms with E-state index in [1.165, 1.54) is 0 Å². The third-order valence-electron chi connectivity index (χ3n) is 6.83. The monoisotopic (exact) mass is 486 g/mol. The molecule has 1 aromatic heterocycles. The number of rotatable bonds is 8. The summed E-state index contributed by atoms with van der Waals surface area (Å²) in [5.41, 5.74) is 0.786. The number of hydrogen-bond donors (Lipinski definition) is 0. The number of aromatic nitrogens is 2. The summed E-state index contributed by atoms with van der Waals surface area (Å²) in [6.07, 6.45) is 2.96. The van der Waals surface area contributed by atoms with Gasteiger partial charge >= 0.3 is 5.97 Å². The third-order valence-corrected chi connectivity index (χ3v) is 6.83. The Morgan fingerprint density at radius 1 is 1.00 bits per heavy atom. The number of likely N-dealkylation sites (tertiary alicyclic amines) is 2. The maximum absolute atomic E-state index is 13.0. The molecule has 1 aromatic carbocycles. The smallest absolute Gasteiger partial charge is 0.309 e. The molecule has 35 heavy (non-hydrogen) atoms. The van der Waals surface area contributed by atoms with Crippen molar-refractivity contribution in [2.24, 2.45) is 11.8 Å². The molecule has 10 heteroatoms. The molecular formula is C25H34N4O6.